The highest BCUT2D eigenvalue weighted by atomic mass is 35.5. The number of hydrogen-bond donors (Lipinski definition) is 1. The monoisotopic (exact) mass is 376 g/mol. The van der Waals surface area contributed by atoms with Crippen LogP contribution in [-0.2, 0) is 14.8 Å². The number of carboxylic acids is 1. The van der Waals surface area contributed by atoms with Crippen LogP contribution in [0.25, 0.3) is 0 Å². The molecule has 0 radical (unpaired) electrons. The molecule has 0 saturated carbocycles. The molecule has 2 rings (SSSR count). The molecule has 1 heterocycles. The first kappa shape index (κ1) is 19.1. The van der Waals surface area contributed by atoms with Crippen LogP contribution in [-0.4, -0.2) is 75.1 Å². The van der Waals surface area contributed by atoms with Gasteiger partial charge >= 0.3 is 5.97 Å². The van der Waals surface area contributed by atoms with E-state index in [1.54, 1.807) is 7.11 Å². The van der Waals surface area contributed by atoms with Crippen molar-refractivity contribution in [3.8, 4) is 0 Å². The summed E-state index contributed by atoms with van der Waals surface area (Å²) in [4.78, 5) is 12.9. The van der Waals surface area contributed by atoms with E-state index >= 15 is 0 Å². The van der Waals surface area contributed by atoms with E-state index in [9.17, 15) is 13.2 Å². The maximum atomic E-state index is 12.7. The summed E-state index contributed by atoms with van der Waals surface area (Å²) in [5.41, 5.74) is -0.0555. The fraction of sp³-hybridized carbons (Fsp3) is 0.533. The Morgan fingerprint density at radius 2 is 2.17 bits per heavy atom. The number of nitrogens with zero attached hydrogens (tertiary/aromatic N) is 2. The molecule has 1 N–H and O–H groups in total. The molecule has 24 heavy (non-hydrogen) atoms. The standard InChI is InChI=1S/C15H21ClN2O5S/c1-17-9-12(23-3)7-11(17)8-18(2)24(21,22)14-5-4-10(15(19)20)6-13(14)16/h4-6,11-12H,7-9H2,1-3H3,(H,19,20)/t11-,12-/m0/s1. The van der Waals surface area contributed by atoms with Crippen LogP contribution >= 0.6 is 11.6 Å². The van der Waals surface area contributed by atoms with Gasteiger partial charge in [-0.15, -0.1) is 0 Å². The molecular formula is C15H21ClN2O5S. The minimum absolute atomic E-state index is 0.0480. The third-order valence-corrected chi connectivity index (χ3v) is 6.62. The van der Waals surface area contributed by atoms with Gasteiger partial charge in [-0.25, -0.2) is 13.2 Å². The summed E-state index contributed by atoms with van der Waals surface area (Å²) >= 11 is 5.99. The van der Waals surface area contributed by atoms with Gasteiger partial charge in [0, 0.05) is 33.3 Å². The Hall–Kier alpha value is -1.19. The molecule has 1 saturated heterocycles. The first-order valence-corrected chi connectivity index (χ1v) is 9.20. The van der Waals surface area contributed by atoms with Gasteiger partial charge in [-0.05, 0) is 31.7 Å². The largest absolute Gasteiger partial charge is 0.478 e. The van der Waals surface area contributed by atoms with Crippen LogP contribution in [0.5, 0.6) is 0 Å². The highest BCUT2D eigenvalue weighted by Gasteiger charge is 2.33. The first-order chi connectivity index (χ1) is 11.2. The molecule has 0 bridgehead atoms. The molecule has 1 aromatic carbocycles. The Morgan fingerprint density at radius 3 is 2.67 bits per heavy atom. The van der Waals surface area contributed by atoms with Gasteiger partial charge in [-0.2, -0.15) is 4.31 Å². The zero-order chi connectivity index (χ0) is 18.1. The highest BCUT2D eigenvalue weighted by molar-refractivity contribution is 7.89. The molecule has 0 aromatic heterocycles. The fourth-order valence-electron chi connectivity index (χ4n) is 2.82. The number of likely N-dealkylation sites (tertiary alicyclic amines) is 1. The van der Waals surface area contributed by atoms with Crippen molar-refractivity contribution >= 4 is 27.6 Å². The number of carboxylic acid groups (broad SMARTS) is 1. The van der Waals surface area contributed by atoms with Crippen molar-refractivity contribution in [2.45, 2.75) is 23.5 Å². The molecule has 0 unspecified atom stereocenters. The van der Waals surface area contributed by atoms with Crippen LogP contribution in [0.1, 0.15) is 16.8 Å². The summed E-state index contributed by atoms with van der Waals surface area (Å²) in [6.07, 6.45) is 0.841. The predicted octanol–water partition coefficient (Wildman–Crippen LogP) is 1.38. The SMILES string of the molecule is CO[C@H]1C[C@@H](CN(C)S(=O)(=O)c2ccc(C(=O)O)cc2Cl)N(C)C1. The van der Waals surface area contributed by atoms with Gasteiger partial charge in [0.2, 0.25) is 10.0 Å². The maximum absolute atomic E-state index is 12.7. The van der Waals surface area contributed by atoms with E-state index in [-0.39, 0.29) is 27.6 Å². The summed E-state index contributed by atoms with van der Waals surface area (Å²) in [5.74, 6) is -1.16. The topological polar surface area (TPSA) is 87.1 Å². The van der Waals surface area contributed by atoms with Crippen molar-refractivity contribution in [2.24, 2.45) is 0 Å². The summed E-state index contributed by atoms with van der Waals surface area (Å²) in [6, 6.07) is 3.66. The zero-order valence-corrected chi connectivity index (χ0v) is 15.3. The summed E-state index contributed by atoms with van der Waals surface area (Å²) in [6.45, 7) is 1.05. The molecule has 1 aliphatic heterocycles. The summed E-state index contributed by atoms with van der Waals surface area (Å²) in [7, 11) is 1.26. The number of halogens is 1. The van der Waals surface area contributed by atoms with Gasteiger partial charge < -0.3 is 9.84 Å². The highest BCUT2D eigenvalue weighted by Crippen LogP contribution is 2.27. The molecule has 1 aliphatic rings. The summed E-state index contributed by atoms with van der Waals surface area (Å²) in [5, 5.41) is 8.84. The second-order valence-corrected chi connectivity index (χ2v) is 8.34. The number of ether oxygens (including phenoxy) is 1. The van der Waals surface area contributed by atoms with Crippen molar-refractivity contribution in [2.75, 3.05) is 34.3 Å². The number of likely N-dealkylation sites (N-methyl/N-ethyl adjacent to an activating group) is 2. The minimum atomic E-state index is -3.81. The molecule has 1 fully saturated rings. The molecule has 0 spiro atoms. The molecule has 0 amide bonds. The Kier molecular flexibility index (Phi) is 5.87. The van der Waals surface area contributed by atoms with Crippen LogP contribution in [0.4, 0.5) is 0 Å². The van der Waals surface area contributed by atoms with Gasteiger partial charge in [-0.1, -0.05) is 11.6 Å². The number of rotatable bonds is 6. The average Bonchev–Trinajstić information content (AvgIpc) is 2.87. The lowest BCUT2D eigenvalue weighted by Crippen LogP contribution is -2.39. The van der Waals surface area contributed by atoms with Gasteiger partial charge in [-0.3, -0.25) is 4.90 Å². The Morgan fingerprint density at radius 1 is 1.50 bits per heavy atom. The smallest absolute Gasteiger partial charge is 0.335 e. The number of carbonyl (C=O) groups is 1. The van der Waals surface area contributed by atoms with Crippen LogP contribution in [0.2, 0.25) is 5.02 Å². The van der Waals surface area contributed by atoms with Crippen LogP contribution < -0.4 is 0 Å². The van der Waals surface area contributed by atoms with E-state index in [0.29, 0.717) is 6.54 Å². The van der Waals surface area contributed by atoms with Crippen molar-refractivity contribution in [1.82, 2.24) is 9.21 Å². The van der Waals surface area contributed by atoms with Crippen molar-refractivity contribution in [1.29, 1.82) is 0 Å². The number of methoxy groups -OCH3 is 1. The van der Waals surface area contributed by atoms with E-state index in [4.69, 9.17) is 21.4 Å². The lowest BCUT2D eigenvalue weighted by atomic mass is 10.2. The second kappa shape index (κ2) is 7.37. The average molecular weight is 377 g/mol. The van der Waals surface area contributed by atoms with Crippen LogP contribution in [0, 0.1) is 0 Å². The third kappa shape index (κ3) is 3.89. The lowest BCUT2D eigenvalue weighted by molar-refractivity contribution is 0.0696. The first-order valence-electron chi connectivity index (χ1n) is 7.39. The van der Waals surface area contributed by atoms with E-state index in [1.165, 1.54) is 23.5 Å². The third-order valence-electron chi connectivity index (χ3n) is 4.32. The fourth-order valence-corrected chi connectivity index (χ4v) is 4.54. The summed E-state index contributed by atoms with van der Waals surface area (Å²) < 4.78 is 32.0. The van der Waals surface area contributed by atoms with E-state index in [0.717, 1.165) is 19.0 Å². The molecular weight excluding hydrogens is 356 g/mol. The minimum Gasteiger partial charge on any atom is -0.478 e. The van der Waals surface area contributed by atoms with Gasteiger partial charge in [0.1, 0.15) is 4.90 Å². The van der Waals surface area contributed by atoms with Crippen molar-refractivity contribution < 1.29 is 23.1 Å². The Labute approximate surface area is 146 Å². The molecule has 7 nitrogen and oxygen atoms in total. The maximum Gasteiger partial charge on any atom is 0.335 e. The second-order valence-electron chi connectivity index (χ2n) is 5.92. The van der Waals surface area contributed by atoms with Gasteiger partial charge in [0.25, 0.3) is 0 Å². The van der Waals surface area contributed by atoms with Crippen molar-refractivity contribution in [3.63, 3.8) is 0 Å². The number of sulfonamides is 1. The van der Waals surface area contributed by atoms with Gasteiger partial charge in [0.05, 0.1) is 16.7 Å². The lowest BCUT2D eigenvalue weighted by Gasteiger charge is -2.25. The molecule has 2 atom stereocenters. The Balaban J connectivity index is 2.19. The Bertz CT molecular complexity index is 725. The van der Waals surface area contributed by atoms with E-state index < -0.39 is 16.0 Å². The van der Waals surface area contributed by atoms with Gasteiger partial charge in [0.15, 0.2) is 0 Å². The van der Waals surface area contributed by atoms with Crippen molar-refractivity contribution in [3.05, 3.63) is 28.8 Å². The molecule has 9 heteroatoms. The van der Waals surface area contributed by atoms with Crippen LogP contribution in [0.3, 0.4) is 0 Å². The normalized spacial score (nSPS) is 22.2. The predicted molar refractivity (Wildman–Crippen MR) is 90.1 cm³/mol. The quantitative estimate of drug-likeness (QED) is 0.807. The number of aromatic carboxylic acids is 1. The number of benzene rings is 1. The molecule has 0 aliphatic carbocycles. The van der Waals surface area contributed by atoms with E-state index in [2.05, 4.69) is 4.90 Å². The van der Waals surface area contributed by atoms with E-state index in [1.807, 2.05) is 7.05 Å². The zero-order valence-electron chi connectivity index (χ0n) is 13.8. The molecule has 1 aromatic rings. The van der Waals surface area contributed by atoms with Crippen LogP contribution in [0.15, 0.2) is 23.1 Å². The number of hydrogen-bond acceptors (Lipinski definition) is 5. The molecule has 134 valence electrons.